The van der Waals surface area contributed by atoms with Gasteiger partial charge in [0.15, 0.2) is 11.6 Å². The summed E-state index contributed by atoms with van der Waals surface area (Å²) in [6.45, 7) is 1.76. The van der Waals surface area contributed by atoms with Gasteiger partial charge in [-0.2, -0.15) is 9.61 Å². The van der Waals surface area contributed by atoms with Crippen molar-refractivity contribution >= 4 is 17.0 Å². The second-order valence-electron chi connectivity index (χ2n) is 5.47. The van der Waals surface area contributed by atoms with Crippen molar-refractivity contribution in [2.45, 2.75) is 6.92 Å². The van der Waals surface area contributed by atoms with Crippen LogP contribution in [0, 0.1) is 24.4 Å². The molecule has 4 aromatic rings. The Balaban J connectivity index is 2.04. The van der Waals surface area contributed by atoms with E-state index >= 15 is 0 Å². The molecule has 0 spiro atoms. The summed E-state index contributed by atoms with van der Waals surface area (Å²) < 4.78 is 41.9. The van der Waals surface area contributed by atoms with Gasteiger partial charge in [0.25, 0.3) is 5.56 Å². The number of aryl methyl sites for hydroxylation is 1. The summed E-state index contributed by atoms with van der Waals surface area (Å²) in [7, 11) is 0. The van der Waals surface area contributed by atoms with Gasteiger partial charge in [-0.3, -0.25) is 4.79 Å². The molecule has 25 heavy (non-hydrogen) atoms. The number of hydrogen-bond donors (Lipinski definition) is 1. The first-order valence-electron chi connectivity index (χ1n) is 7.27. The van der Waals surface area contributed by atoms with Gasteiger partial charge < -0.3 is 4.98 Å². The van der Waals surface area contributed by atoms with Crippen molar-refractivity contribution < 1.29 is 13.2 Å². The number of halogens is 3. The van der Waals surface area contributed by atoms with E-state index in [0.29, 0.717) is 23.0 Å². The SMILES string of the molecule is Cc1nn2c(=O)cc(-c3cc(F)c(F)cc3F)[nH]c2c1-c1cccs1. The van der Waals surface area contributed by atoms with Crippen LogP contribution in [0.3, 0.4) is 0 Å². The fourth-order valence-corrected chi connectivity index (χ4v) is 3.56. The van der Waals surface area contributed by atoms with E-state index in [1.54, 1.807) is 6.92 Å². The van der Waals surface area contributed by atoms with E-state index in [-0.39, 0.29) is 11.3 Å². The van der Waals surface area contributed by atoms with Crippen LogP contribution in [0.5, 0.6) is 0 Å². The van der Waals surface area contributed by atoms with E-state index in [0.717, 1.165) is 17.0 Å². The van der Waals surface area contributed by atoms with Gasteiger partial charge in [0.2, 0.25) is 0 Å². The zero-order valence-corrected chi connectivity index (χ0v) is 13.6. The molecule has 0 aliphatic carbocycles. The van der Waals surface area contributed by atoms with Gasteiger partial charge in [0.05, 0.1) is 17.0 Å². The van der Waals surface area contributed by atoms with Crippen molar-refractivity contribution in [1.29, 1.82) is 0 Å². The van der Waals surface area contributed by atoms with E-state index in [4.69, 9.17) is 0 Å². The summed E-state index contributed by atoms with van der Waals surface area (Å²) in [6.07, 6.45) is 0. The van der Waals surface area contributed by atoms with Crippen LogP contribution < -0.4 is 5.56 Å². The number of aromatic nitrogens is 3. The van der Waals surface area contributed by atoms with Crippen LogP contribution in [-0.2, 0) is 0 Å². The number of benzene rings is 1. The first-order chi connectivity index (χ1) is 12.0. The molecule has 0 aliphatic rings. The van der Waals surface area contributed by atoms with Crippen molar-refractivity contribution in [2.75, 3.05) is 0 Å². The third kappa shape index (κ3) is 2.45. The molecule has 126 valence electrons. The molecular formula is C17H10F3N3OS. The molecule has 0 saturated heterocycles. The molecular weight excluding hydrogens is 351 g/mol. The van der Waals surface area contributed by atoms with Crippen LogP contribution in [0.1, 0.15) is 5.69 Å². The van der Waals surface area contributed by atoms with Crippen molar-refractivity contribution in [3.8, 4) is 21.7 Å². The molecule has 0 unspecified atom stereocenters. The Hall–Kier alpha value is -2.87. The average molecular weight is 361 g/mol. The fraction of sp³-hybridized carbons (Fsp3) is 0.0588. The standard InChI is InChI=1S/C17H10F3N3OS/c1-8-16(14-3-2-4-25-14)17-21-13(7-15(24)23(17)22-8)9-5-11(19)12(20)6-10(9)18/h2-7,21H,1H3. The molecule has 4 nitrogen and oxygen atoms in total. The summed E-state index contributed by atoms with van der Waals surface area (Å²) >= 11 is 1.47. The minimum atomic E-state index is -1.29. The molecule has 1 aromatic carbocycles. The van der Waals surface area contributed by atoms with Crippen molar-refractivity contribution in [3.63, 3.8) is 0 Å². The van der Waals surface area contributed by atoms with Gasteiger partial charge in [0.1, 0.15) is 11.5 Å². The average Bonchev–Trinajstić information content (AvgIpc) is 3.18. The lowest BCUT2D eigenvalue weighted by atomic mass is 10.1. The zero-order valence-electron chi connectivity index (χ0n) is 12.8. The second kappa shape index (κ2) is 5.59. The summed E-state index contributed by atoms with van der Waals surface area (Å²) in [6, 6.07) is 6.01. The van der Waals surface area contributed by atoms with Crippen LogP contribution in [-0.4, -0.2) is 14.6 Å². The van der Waals surface area contributed by atoms with Gasteiger partial charge in [-0.05, 0) is 24.4 Å². The van der Waals surface area contributed by atoms with Crippen molar-refractivity contribution in [1.82, 2.24) is 14.6 Å². The van der Waals surface area contributed by atoms with E-state index in [1.165, 1.54) is 15.9 Å². The van der Waals surface area contributed by atoms with Crippen LogP contribution in [0.4, 0.5) is 13.2 Å². The fourth-order valence-electron chi connectivity index (χ4n) is 2.74. The maximum Gasteiger partial charge on any atom is 0.274 e. The number of nitrogens with zero attached hydrogens (tertiary/aromatic N) is 2. The minimum Gasteiger partial charge on any atom is -0.339 e. The quantitative estimate of drug-likeness (QED) is 0.546. The molecule has 0 bridgehead atoms. The summed E-state index contributed by atoms with van der Waals surface area (Å²) in [5.41, 5.74) is 1.02. The number of nitrogens with one attached hydrogen (secondary N) is 1. The van der Waals surface area contributed by atoms with E-state index in [9.17, 15) is 18.0 Å². The Morgan fingerprint density at radius 2 is 1.88 bits per heavy atom. The van der Waals surface area contributed by atoms with Crippen LogP contribution in [0.25, 0.3) is 27.3 Å². The first-order valence-corrected chi connectivity index (χ1v) is 8.15. The summed E-state index contributed by atoms with van der Waals surface area (Å²) in [5.74, 6) is -3.45. The van der Waals surface area contributed by atoms with Gasteiger partial charge >= 0.3 is 0 Å². The Bertz CT molecular complexity index is 1160. The third-order valence-corrected chi connectivity index (χ3v) is 4.75. The smallest absolute Gasteiger partial charge is 0.274 e. The monoisotopic (exact) mass is 361 g/mol. The van der Waals surface area contributed by atoms with Gasteiger partial charge in [-0.1, -0.05) is 6.07 Å². The predicted molar refractivity (Wildman–Crippen MR) is 89.2 cm³/mol. The van der Waals surface area contributed by atoms with Gasteiger partial charge in [-0.15, -0.1) is 11.3 Å². The summed E-state index contributed by atoms with van der Waals surface area (Å²) in [4.78, 5) is 16.2. The van der Waals surface area contributed by atoms with Gasteiger partial charge in [0, 0.05) is 22.6 Å². The highest BCUT2D eigenvalue weighted by molar-refractivity contribution is 7.13. The maximum atomic E-state index is 14.1. The number of fused-ring (bicyclic) bond motifs is 1. The molecule has 0 aliphatic heterocycles. The molecule has 8 heteroatoms. The highest BCUT2D eigenvalue weighted by atomic mass is 32.1. The molecule has 1 N–H and O–H groups in total. The topological polar surface area (TPSA) is 50.2 Å². The number of aromatic amines is 1. The Kier molecular flexibility index (Phi) is 3.50. The normalized spacial score (nSPS) is 11.4. The number of H-pyrrole nitrogens is 1. The number of rotatable bonds is 2. The van der Waals surface area contributed by atoms with E-state index in [2.05, 4.69) is 10.1 Å². The molecule has 0 fully saturated rings. The van der Waals surface area contributed by atoms with Crippen LogP contribution >= 0.6 is 11.3 Å². The van der Waals surface area contributed by atoms with Gasteiger partial charge in [-0.25, -0.2) is 13.2 Å². The largest absolute Gasteiger partial charge is 0.339 e. The Morgan fingerprint density at radius 1 is 1.12 bits per heavy atom. The highest BCUT2D eigenvalue weighted by Gasteiger charge is 2.18. The Labute approximate surface area is 143 Å². The highest BCUT2D eigenvalue weighted by Crippen LogP contribution is 2.31. The van der Waals surface area contributed by atoms with E-state index < -0.39 is 23.0 Å². The predicted octanol–water partition coefficient (Wildman–Crippen LogP) is 4.14. The molecule has 3 aromatic heterocycles. The second-order valence-corrected chi connectivity index (χ2v) is 6.41. The van der Waals surface area contributed by atoms with Crippen molar-refractivity contribution in [2.24, 2.45) is 0 Å². The van der Waals surface area contributed by atoms with Crippen molar-refractivity contribution in [3.05, 3.63) is 69.2 Å². The first kappa shape index (κ1) is 15.6. The Morgan fingerprint density at radius 3 is 2.60 bits per heavy atom. The molecule has 0 amide bonds. The zero-order chi connectivity index (χ0) is 17.7. The molecule has 0 saturated carbocycles. The molecule has 4 rings (SSSR count). The lowest BCUT2D eigenvalue weighted by Gasteiger charge is -2.06. The maximum absolute atomic E-state index is 14.1. The molecule has 0 radical (unpaired) electrons. The number of thiophene rings is 1. The number of hydrogen-bond acceptors (Lipinski definition) is 3. The molecule has 0 atom stereocenters. The lowest BCUT2D eigenvalue weighted by Crippen LogP contribution is -2.14. The minimum absolute atomic E-state index is 0.0478. The lowest BCUT2D eigenvalue weighted by molar-refractivity contribution is 0.496. The van der Waals surface area contributed by atoms with Crippen LogP contribution in [0.2, 0.25) is 0 Å². The van der Waals surface area contributed by atoms with Crippen LogP contribution in [0.15, 0.2) is 40.5 Å². The van der Waals surface area contributed by atoms with E-state index in [1.807, 2.05) is 17.5 Å². The molecule has 3 heterocycles. The summed E-state index contributed by atoms with van der Waals surface area (Å²) in [5, 5.41) is 6.09. The third-order valence-electron chi connectivity index (χ3n) is 3.86.